The molecule has 0 bridgehead atoms. The second-order valence-corrected chi connectivity index (χ2v) is 5.11. The average Bonchev–Trinajstić information content (AvgIpc) is 2.29. The third-order valence-corrected chi connectivity index (χ3v) is 3.15. The van der Waals surface area contributed by atoms with Crippen LogP contribution >= 0.6 is 11.6 Å². The Bertz CT molecular complexity index is 440. The maximum absolute atomic E-state index is 11.4. The molecule has 0 saturated heterocycles. The number of aliphatic hydroxyl groups is 1. The Hall–Kier alpha value is -1.26. The van der Waals surface area contributed by atoms with E-state index in [0.29, 0.717) is 16.3 Å². The van der Waals surface area contributed by atoms with Gasteiger partial charge in [0.1, 0.15) is 0 Å². The van der Waals surface area contributed by atoms with E-state index in [-0.39, 0.29) is 6.04 Å². The van der Waals surface area contributed by atoms with Gasteiger partial charge in [-0.25, -0.2) is 4.79 Å². The Kier molecular flexibility index (Phi) is 4.59. The van der Waals surface area contributed by atoms with Crippen LogP contribution in [0.2, 0.25) is 5.02 Å². The molecule has 1 atom stereocenters. The highest BCUT2D eigenvalue weighted by Gasteiger charge is 2.23. The number of hydrogen-bond donors (Lipinski definition) is 2. The number of anilines is 1. The molecule has 0 fully saturated rings. The lowest BCUT2D eigenvalue weighted by Crippen LogP contribution is -2.39. The van der Waals surface area contributed by atoms with Crippen molar-refractivity contribution in [2.45, 2.75) is 32.4 Å². The van der Waals surface area contributed by atoms with Crippen molar-refractivity contribution in [2.24, 2.45) is 0 Å². The second kappa shape index (κ2) is 5.59. The number of carbonyl (C=O) groups excluding carboxylic acids is 1. The van der Waals surface area contributed by atoms with E-state index in [0.717, 1.165) is 0 Å². The molecular formula is C13H18ClNO3. The summed E-state index contributed by atoms with van der Waals surface area (Å²) in [6.45, 7) is 5.23. The van der Waals surface area contributed by atoms with Crippen molar-refractivity contribution < 1.29 is 14.6 Å². The normalized spacial score (nSPS) is 13.0. The molecule has 1 aromatic rings. The molecule has 5 heteroatoms. The molecule has 18 heavy (non-hydrogen) atoms. The number of esters is 1. The molecule has 0 aliphatic rings. The van der Waals surface area contributed by atoms with Gasteiger partial charge < -0.3 is 15.2 Å². The summed E-state index contributed by atoms with van der Waals surface area (Å²) in [5.41, 5.74) is 0.103. The van der Waals surface area contributed by atoms with Crippen molar-refractivity contribution in [1.29, 1.82) is 0 Å². The Morgan fingerprint density at radius 1 is 1.50 bits per heavy atom. The van der Waals surface area contributed by atoms with E-state index >= 15 is 0 Å². The molecule has 0 aromatic heterocycles. The molecule has 0 saturated carbocycles. The summed E-state index contributed by atoms with van der Waals surface area (Å²) in [4.78, 5) is 11.4. The average molecular weight is 272 g/mol. The number of carbonyl (C=O) groups is 1. The van der Waals surface area contributed by atoms with Gasteiger partial charge in [0.2, 0.25) is 0 Å². The van der Waals surface area contributed by atoms with Crippen LogP contribution in [0.15, 0.2) is 18.2 Å². The van der Waals surface area contributed by atoms with Crippen LogP contribution in [0.5, 0.6) is 0 Å². The van der Waals surface area contributed by atoms with Crippen LogP contribution in [-0.4, -0.2) is 29.8 Å². The van der Waals surface area contributed by atoms with E-state index in [1.807, 2.05) is 6.92 Å². The zero-order chi connectivity index (χ0) is 13.9. The maximum Gasteiger partial charge on any atom is 0.337 e. The van der Waals surface area contributed by atoms with E-state index in [1.165, 1.54) is 7.11 Å². The van der Waals surface area contributed by atoms with Crippen molar-refractivity contribution in [1.82, 2.24) is 0 Å². The summed E-state index contributed by atoms with van der Waals surface area (Å²) in [5.74, 6) is -0.425. The molecule has 1 rings (SSSR count). The van der Waals surface area contributed by atoms with Crippen LogP contribution in [0.3, 0.4) is 0 Å². The maximum atomic E-state index is 11.4. The van der Waals surface area contributed by atoms with Crippen molar-refractivity contribution in [3.8, 4) is 0 Å². The van der Waals surface area contributed by atoms with Crippen molar-refractivity contribution in [2.75, 3.05) is 12.4 Å². The lowest BCUT2D eigenvalue weighted by Gasteiger charge is -2.28. The summed E-state index contributed by atoms with van der Waals surface area (Å²) >= 11 is 6.04. The summed E-state index contributed by atoms with van der Waals surface area (Å²) < 4.78 is 4.64. The van der Waals surface area contributed by atoms with Gasteiger partial charge in [-0.3, -0.25) is 0 Å². The lowest BCUT2D eigenvalue weighted by molar-refractivity contribution is 0.0600. The minimum Gasteiger partial charge on any atom is -0.465 e. The smallest absolute Gasteiger partial charge is 0.337 e. The topological polar surface area (TPSA) is 58.6 Å². The fraction of sp³-hybridized carbons (Fsp3) is 0.462. The first-order valence-corrected chi connectivity index (χ1v) is 6.00. The summed E-state index contributed by atoms with van der Waals surface area (Å²) in [5, 5.41) is 13.4. The molecule has 1 aromatic carbocycles. The molecule has 0 spiro atoms. The zero-order valence-corrected chi connectivity index (χ0v) is 11.7. The molecule has 100 valence electrons. The highest BCUT2D eigenvalue weighted by atomic mass is 35.5. The largest absolute Gasteiger partial charge is 0.465 e. The van der Waals surface area contributed by atoms with Crippen LogP contribution in [-0.2, 0) is 4.74 Å². The fourth-order valence-electron chi connectivity index (χ4n) is 1.29. The number of benzene rings is 1. The first kappa shape index (κ1) is 14.8. The second-order valence-electron chi connectivity index (χ2n) is 4.71. The minimum atomic E-state index is -0.898. The zero-order valence-electron chi connectivity index (χ0n) is 11.0. The number of ether oxygens (including phenoxy) is 1. The van der Waals surface area contributed by atoms with Gasteiger partial charge in [0.25, 0.3) is 0 Å². The molecule has 0 aliphatic heterocycles. The molecule has 0 heterocycles. The Morgan fingerprint density at radius 3 is 2.61 bits per heavy atom. The highest BCUT2D eigenvalue weighted by Crippen LogP contribution is 2.26. The molecule has 0 radical (unpaired) electrons. The molecular weight excluding hydrogens is 254 g/mol. The van der Waals surface area contributed by atoms with E-state index in [4.69, 9.17) is 11.6 Å². The quantitative estimate of drug-likeness (QED) is 0.827. The van der Waals surface area contributed by atoms with Gasteiger partial charge in [-0.05, 0) is 39.0 Å². The van der Waals surface area contributed by atoms with Gasteiger partial charge >= 0.3 is 5.97 Å². The third-order valence-electron chi connectivity index (χ3n) is 2.82. The molecule has 0 aliphatic carbocycles. The third kappa shape index (κ3) is 3.62. The Labute approximate surface area is 112 Å². The van der Waals surface area contributed by atoms with E-state index < -0.39 is 11.6 Å². The fourth-order valence-corrected chi connectivity index (χ4v) is 1.46. The Morgan fingerprint density at radius 2 is 2.11 bits per heavy atom. The predicted molar refractivity (Wildman–Crippen MR) is 72.2 cm³/mol. The summed E-state index contributed by atoms with van der Waals surface area (Å²) in [6, 6.07) is 4.60. The number of hydrogen-bond acceptors (Lipinski definition) is 4. The van der Waals surface area contributed by atoms with Crippen LogP contribution in [0.4, 0.5) is 5.69 Å². The van der Waals surface area contributed by atoms with Gasteiger partial charge in [-0.1, -0.05) is 11.6 Å². The first-order chi connectivity index (χ1) is 8.25. The van der Waals surface area contributed by atoms with Gasteiger partial charge in [0.05, 0.1) is 35.0 Å². The number of methoxy groups -OCH3 is 1. The van der Waals surface area contributed by atoms with Crippen LogP contribution < -0.4 is 5.32 Å². The van der Waals surface area contributed by atoms with Crippen LogP contribution in [0.1, 0.15) is 31.1 Å². The van der Waals surface area contributed by atoms with Crippen molar-refractivity contribution in [3.05, 3.63) is 28.8 Å². The van der Waals surface area contributed by atoms with Crippen molar-refractivity contribution in [3.63, 3.8) is 0 Å². The standard InChI is InChI=1S/C13H18ClNO3/c1-8(13(2,3)17)15-11-7-9(12(16)18-4)5-6-10(11)14/h5-8,15,17H,1-4H3. The molecule has 4 nitrogen and oxygen atoms in total. The number of nitrogens with one attached hydrogen (secondary N) is 1. The summed E-state index contributed by atoms with van der Waals surface area (Å²) in [7, 11) is 1.32. The van der Waals surface area contributed by atoms with Crippen LogP contribution in [0, 0.1) is 0 Å². The summed E-state index contributed by atoms with van der Waals surface area (Å²) in [6.07, 6.45) is 0. The van der Waals surface area contributed by atoms with E-state index in [9.17, 15) is 9.90 Å². The highest BCUT2D eigenvalue weighted by molar-refractivity contribution is 6.33. The molecule has 1 unspecified atom stereocenters. The predicted octanol–water partition coefficient (Wildman–Crippen LogP) is 2.70. The van der Waals surface area contributed by atoms with Gasteiger partial charge in [0.15, 0.2) is 0 Å². The van der Waals surface area contributed by atoms with E-state index in [1.54, 1.807) is 32.0 Å². The Balaban J connectivity index is 2.98. The van der Waals surface area contributed by atoms with Gasteiger partial charge in [-0.15, -0.1) is 0 Å². The number of halogens is 1. The lowest BCUT2D eigenvalue weighted by atomic mass is 10.0. The van der Waals surface area contributed by atoms with Gasteiger partial charge in [0, 0.05) is 0 Å². The molecule has 0 amide bonds. The van der Waals surface area contributed by atoms with E-state index in [2.05, 4.69) is 10.1 Å². The molecule has 2 N–H and O–H groups in total. The van der Waals surface area contributed by atoms with Gasteiger partial charge in [-0.2, -0.15) is 0 Å². The first-order valence-electron chi connectivity index (χ1n) is 5.62. The number of rotatable bonds is 4. The SMILES string of the molecule is COC(=O)c1ccc(Cl)c(NC(C)C(C)(C)O)c1. The minimum absolute atomic E-state index is 0.220. The van der Waals surface area contributed by atoms with Crippen molar-refractivity contribution >= 4 is 23.3 Å². The monoisotopic (exact) mass is 271 g/mol. The van der Waals surface area contributed by atoms with Crippen LogP contribution in [0.25, 0.3) is 0 Å².